The van der Waals surface area contributed by atoms with Crippen LogP contribution in [0.2, 0.25) is 5.02 Å². The quantitative estimate of drug-likeness (QED) is 0.346. The number of nitrogens with zero attached hydrogens (tertiary/aromatic N) is 5. The molecule has 2 N–H and O–H groups in total. The third-order valence-electron chi connectivity index (χ3n) is 6.69. The van der Waals surface area contributed by atoms with Crippen molar-refractivity contribution in [2.75, 3.05) is 5.32 Å². The molecule has 0 atom stereocenters. The van der Waals surface area contributed by atoms with E-state index in [1.807, 2.05) is 18.2 Å². The van der Waals surface area contributed by atoms with Crippen LogP contribution in [-0.4, -0.2) is 35.9 Å². The van der Waals surface area contributed by atoms with Gasteiger partial charge in [0.25, 0.3) is 11.5 Å². The average molecular weight is 514 g/mol. The van der Waals surface area contributed by atoms with E-state index < -0.39 is 0 Å². The van der Waals surface area contributed by atoms with E-state index in [9.17, 15) is 9.59 Å². The summed E-state index contributed by atoms with van der Waals surface area (Å²) in [6.07, 6.45) is 10.5. The van der Waals surface area contributed by atoms with Gasteiger partial charge in [-0.15, -0.1) is 0 Å². The van der Waals surface area contributed by atoms with Crippen molar-refractivity contribution in [1.29, 1.82) is 0 Å². The first-order valence-electron chi connectivity index (χ1n) is 12.3. The van der Waals surface area contributed by atoms with Crippen LogP contribution >= 0.6 is 11.6 Å². The van der Waals surface area contributed by atoms with Crippen molar-refractivity contribution in [3.05, 3.63) is 88.1 Å². The summed E-state index contributed by atoms with van der Waals surface area (Å²) in [6.45, 7) is 0. The van der Waals surface area contributed by atoms with Gasteiger partial charge in [-0.2, -0.15) is 4.98 Å². The predicted molar refractivity (Wildman–Crippen MR) is 143 cm³/mol. The molecule has 1 aliphatic carbocycles. The number of imidazole rings is 1. The molecule has 2 aromatic carbocycles. The third-order valence-corrected chi connectivity index (χ3v) is 7.01. The number of para-hydroxylation sites is 1. The Labute approximate surface area is 217 Å². The van der Waals surface area contributed by atoms with E-state index in [0.717, 1.165) is 18.5 Å². The summed E-state index contributed by atoms with van der Waals surface area (Å²) in [4.78, 5) is 39.4. The highest BCUT2D eigenvalue weighted by Crippen LogP contribution is 2.23. The Morgan fingerprint density at radius 1 is 1.00 bits per heavy atom. The van der Waals surface area contributed by atoms with Crippen molar-refractivity contribution in [2.24, 2.45) is 0 Å². The lowest BCUT2D eigenvalue weighted by Crippen LogP contribution is -2.36. The van der Waals surface area contributed by atoms with Crippen molar-refractivity contribution < 1.29 is 4.79 Å². The average Bonchev–Trinajstić information content (AvgIpc) is 3.41. The van der Waals surface area contributed by atoms with E-state index in [-0.39, 0.29) is 17.5 Å². The Morgan fingerprint density at radius 3 is 2.57 bits per heavy atom. The number of rotatable bonds is 5. The second kappa shape index (κ2) is 9.67. The molecule has 1 fully saturated rings. The minimum atomic E-state index is -0.318. The van der Waals surface area contributed by atoms with Crippen LogP contribution in [0.25, 0.3) is 22.5 Å². The van der Waals surface area contributed by atoms with Crippen molar-refractivity contribution in [2.45, 2.75) is 38.1 Å². The van der Waals surface area contributed by atoms with Crippen LogP contribution in [0.1, 0.15) is 42.5 Å². The number of carbonyl (C=O) groups is 1. The zero-order valence-electron chi connectivity index (χ0n) is 19.9. The van der Waals surface area contributed by atoms with Gasteiger partial charge in [0.2, 0.25) is 11.7 Å². The molecule has 10 heteroatoms. The Kier molecular flexibility index (Phi) is 6.05. The SMILES string of the molecule is O=C(NC1CCCCC1)c1ccc(Nc2ncc3c(=O)n(-c4ccccc4Cl)c4nccn4c3n2)cc1. The Hall–Kier alpha value is -4.24. The van der Waals surface area contributed by atoms with E-state index in [1.165, 1.54) is 30.0 Å². The molecular formula is C27H24ClN7O2. The molecule has 1 aliphatic rings. The maximum Gasteiger partial charge on any atom is 0.270 e. The normalized spacial score (nSPS) is 14.2. The summed E-state index contributed by atoms with van der Waals surface area (Å²) < 4.78 is 3.18. The topological polar surface area (TPSA) is 106 Å². The molecule has 186 valence electrons. The van der Waals surface area contributed by atoms with Crippen LogP contribution in [-0.2, 0) is 0 Å². The molecule has 1 saturated carbocycles. The number of carbonyl (C=O) groups excluding carboxylic acids is 1. The fourth-order valence-electron chi connectivity index (χ4n) is 4.81. The van der Waals surface area contributed by atoms with E-state index in [0.29, 0.717) is 39.0 Å². The number of fused-ring (bicyclic) bond motifs is 3. The van der Waals surface area contributed by atoms with Gasteiger partial charge >= 0.3 is 0 Å². The lowest BCUT2D eigenvalue weighted by molar-refractivity contribution is 0.0927. The maximum atomic E-state index is 13.4. The fourth-order valence-corrected chi connectivity index (χ4v) is 5.03. The summed E-state index contributed by atoms with van der Waals surface area (Å²) in [5, 5.41) is 7.05. The van der Waals surface area contributed by atoms with Gasteiger partial charge in [-0.3, -0.25) is 14.0 Å². The van der Waals surface area contributed by atoms with Crippen LogP contribution in [0.5, 0.6) is 0 Å². The minimum absolute atomic E-state index is 0.0577. The Balaban J connectivity index is 1.29. The largest absolute Gasteiger partial charge is 0.349 e. The standard InChI is InChI=1S/C27H24ClN7O2/c28-21-8-4-5-9-22(21)35-25(37)20-16-30-26(33-23(20)34-15-14-29-27(34)35)32-19-12-10-17(11-13-19)24(36)31-18-6-2-1-3-7-18/h4-5,8-16,18H,1-3,6-7H2,(H,31,36)(H,30,32,33). The number of aromatic nitrogens is 5. The van der Waals surface area contributed by atoms with Crippen LogP contribution in [0.3, 0.4) is 0 Å². The van der Waals surface area contributed by atoms with Gasteiger partial charge < -0.3 is 10.6 Å². The molecule has 5 aromatic rings. The molecule has 0 spiro atoms. The van der Waals surface area contributed by atoms with Gasteiger partial charge in [-0.05, 0) is 49.2 Å². The van der Waals surface area contributed by atoms with E-state index in [1.54, 1.807) is 47.1 Å². The second-order valence-corrected chi connectivity index (χ2v) is 9.54. The minimum Gasteiger partial charge on any atom is -0.349 e. The number of nitrogens with one attached hydrogen (secondary N) is 2. The monoisotopic (exact) mass is 513 g/mol. The van der Waals surface area contributed by atoms with Crippen molar-refractivity contribution in [3.63, 3.8) is 0 Å². The molecule has 0 radical (unpaired) electrons. The molecule has 9 nitrogen and oxygen atoms in total. The fraction of sp³-hybridized carbons (Fsp3) is 0.222. The number of amides is 1. The summed E-state index contributed by atoms with van der Waals surface area (Å²) in [5.41, 5.74) is 1.96. The highest BCUT2D eigenvalue weighted by Gasteiger charge is 2.18. The van der Waals surface area contributed by atoms with Gasteiger partial charge in [0.05, 0.1) is 10.7 Å². The lowest BCUT2D eigenvalue weighted by Gasteiger charge is -2.22. The summed E-state index contributed by atoms with van der Waals surface area (Å²) in [7, 11) is 0. The molecule has 0 saturated heterocycles. The van der Waals surface area contributed by atoms with E-state index in [2.05, 4.69) is 25.6 Å². The first kappa shape index (κ1) is 23.2. The van der Waals surface area contributed by atoms with Crippen LogP contribution in [0.4, 0.5) is 11.6 Å². The lowest BCUT2D eigenvalue weighted by atomic mass is 9.95. The van der Waals surface area contributed by atoms with Gasteiger partial charge in [0.1, 0.15) is 5.39 Å². The zero-order chi connectivity index (χ0) is 25.4. The molecule has 3 heterocycles. The molecule has 0 unspecified atom stereocenters. The molecule has 0 bridgehead atoms. The van der Waals surface area contributed by atoms with Crippen molar-refractivity contribution in [1.82, 2.24) is 29.2 Å². The zero-order valence-corrected chi connectivity index (χ0v) is 20.7. The first-order valence-corrected chi connectivity index (χ1v) is 12.6. The highest BCUT2D eigenvalue weighted by molar-refractivity contribution is 6.32. The van der Waals surface area contributed by atoms with E-state index >= 15 is 0 Å². The predicted octanol–water partition coefficient (Wildman–Crippen LogP) is 4.89. The van der Waals surface area contributed by atoms with Crippen LogP contribution in [0.15, 0.2) is 71.9 Å². The van der Waals surface area contributed by atoms with Gasteiger partial charge in [0.15, 0.2) is 5.65 Å². The Bertz CT molecular complexity index is 1670. The van der Waals surface area contributed by atoms with Crippen LogP contribution < -0.4 is 16.2 Å². The number of anilines is 2. The van der Waals surface area contributed by atoms with Gasteiger partial charge in [-0.1, -0.05) is 43.0 Å². The summed E-state index contributed by atoms with van der Waals surface area (Å²) in [5.74, 6) is 0.651. The second-order valence-electron chi connectivity index (χ2n) is 9.13. The molecule has 3 aromatic heterocycles. The number of benzene rings is 2. The third kappa shape index (κ3) is 4.42. The first-order chi connectivity index (χ1) is 18.1. The van der Waals surface area contributed by atoms with Crippen molar-refractivity contribution in [3.8, 4) is 5.69 Å². The number of halogens is 1. The maximum absolute atomic E-state index is 13.4. The number of hydrogen-bond donors (Lipinski definition) is 2. The number of hydrogen-bond acceptors (Lipinski definition) is 6. The van der Waals surface area contributed by atoms with Crippen molar-refractivity contribution >= 4 is 46.0 Å². The van der Waals surface area contributed by atoms with Gasteiger partial charge in [-0.25, -0.2) is 14.5 Å². The smallest absolute Gasteiger partial charge is 0.270 e. The van der Waals surface area contributed by atoms with Gasteiger partial charge in [0, 0.05) is 35.9 Å². The molecular weight excluding hydrogens is 490 g/mol. The summed E-state index contributed by atoms with van der Waals surface area (Å²) in [6, 6.07) is 14.5. The highest BCUT2D eigenvalue weighted by atomic mass is 35.5. The molecule has 1 amide bonds. The summed E-state index contributed by atoms with van der Waals surface area (Å²) >= 11 is 6.38. The van der Waals surface area contributed by atoms with E-state index in [4.69, 9.17) is 11.6 Å². The van der Waals surface area contributed by atoms with Crippen LogP contribution in [0, 0.1) is 0 Å². The molecule has 0 aliphatic heterocycles. The molecule has 6 rings (SSSR count). The molecule has 37 heavy (non-hydrogen) atoms. The Morgan fingerprint density at radius 2 is 1.78 bits per heavy atom.